The van der Waals surface area contributed by atoms with Gasteiger partial charge in [0.25, 0.3) is 5.91 Å². The summed E-state index contributed by atoms with van der Waals surface area (Å²) in [4.78, 5) is 22.3. The maximum atomic E-state index is 11.7. The van der Waals surface area contributed by atoms with E-state index in [1.54, 1.807) is 11.4 Å². The minimum atomic E-state index is -1.13. The molecule has 0 aliphatic carbocycles. The average molecular weight is 377 g/mol. The Morgan fingerprint density at radius 3 is 2.78 bits per heavy atom. The van der Waals surface area contributed by atoms with Crippen molar-refractivity contribution in [2.75, 3.05) is 0 Å². The number of halogens is 1. The van der Waals surface area contributed by atoms with Crippen molar-refractivity contribution >= 4 is 45.8 Å². The summed E-state index contributed by atoms with van der Waals surface area (Å²) in [6, 6.07) is 4.67. The van der Waals surface area contributed by atoms with Crippen molar-refractivity contribution in [2.24, 2.45) is 0 Å². The van der Waals surface area contributed by atoms with Gasteiger partial charge >= 0.3 is 5.97 Å². The molecule has 2 aromatic rings. The highest BCUT2D eigenvalue weighted by molar-refractivity contribution is 14.1. The van der Waals surface area contributed by atoms with Gasteiger partial charge in [-0.2, -0.15) is 0 Å². The first kappa shape index (κ1) is 13.1. The van der Waals surface area contributed by atoms with E-state index < -0.39 is 5.97 Å². The van der Waals surface area contributed by atoms with E-state index in [4.69, 9.17) is 9.52 Å². The zero-order chi connectivity index (χ0) is 13.1. The molecule has 0 saturated carbocycles. The molecule has 18 heavy (non-hydrogen) atoms. The predicted molar refractivity (Wildman–Crippen MR) is 73.9 cm³/mol. The summed E-state index contributed by atoms with van der Waals surface area (Å²) in [6.07, 6.45) is 0. The first-order valence-corrected chi connectivity index (χ1v) is 6.86. The largest absolute Gasteiger partial charge is 0.475 e. The lowest BCUT2D eigenvalue weighted by Gasteiger charge is -2.00. The fourth-order valence-corrected chi connectivity index (χ4v) is 2.61. The van der Waals surface area contributed by atoms with Gasteiger partial charge in [0.2, 0.25) is 5.76 Å². The van der Waals surface area contributed by atoms with E-state index in [0.29, 0.717) is 11.3 Å². The number of thiophene rings is 1. The second-order valence-electron chi connectivity index (χ2n) is 3.39. The second-order valence-corrected chi connectivity index (χ2v) is 6.20. The normalized spacial score (nSPS) is 10.3. The van der Waals surface area contributed by atoms with Gasteiger partial charge in [-0.1, -0.05) is 0 Å². The fourth-order valence-electron chi connectivity index (χ4n) is 1.29. The van der Waals surface area contributed by atoms with Crippen molar-refractivity contribution in [2.45, 2.75) is 6.54 Å². The number of carbonyl (C=O) groups excluding carboxylic acids is 1. The Balaban J connectivity index is 1.95. The molecule has 2 rings (SSSR count). The van der Waals surface area contributed by atoms with Gasteiger partial charge in [-0.3, -0.25) is 4.79 Å². The molecule has 0 saturated heterocycles. The number of aromatic carboxylic acids is 1. The van der Waals surface area contributed by atoms with E-state index in [2.05, 4.69) is 27.9 Å². The van der Waals surface area contributed by atoms with Crippen molar-refractivity contribution < 1.29 is 19.1 Å². The smallest absolute Gasteiger partial charge is 0.371 e. The number of carbonyl (C=O) groups is 2. The summed E-state index contributed by atoms with van der Waals surface area (Å²) < 4.78 is 6.05. The van der Waals surface area contributed by atoms with Crippen LogP contribution in [0.25, 0.3) is 0 Å². The maximum absolute atomic E-state index is 11.7. The van der Waals surface area contributed by atoms with Crippen LogP contribution in [0.1, 0.15) is 26.7 Å². The third-order valence-electron chi connectivity index (χ3n) is 2.13. The van der Waals surface area contributed by atoms with E-state index in [-0.39, 0.29) is 18.2 Å². The molecule has 0 spiro atoms. The fraction of sp³-hybridized carbons (Fsp3) is 0.0909. The lowest BCUT2D eigenvalue weighted by atomic mass is 10.3. The van der Waals surface area contributed by atoms with Crippen LogP contribution in [0.5, 0.6) is 0 Å². The van der Waals surface area contributed by atoms with Crippen LogP contribution in [0, 0.1) is 2.88 Å². The highest BCUT2D eigenvalue weighted by atomic mass is 127. The molecule has 94 valence electrons. The molecule has 0 unspecified atom stereocenters. The third-order valence-corrected chi connectivity index (χ3v) is 3.91. The highest BCUT2D eigenvalue weighted by Crippen LogP contribution is 2.16. The summed E-state index contributed by atoms with van der Waals surface area (Å²) in [7, 11) is 0. The van der Waals surface area contributed by atoms with Gasteiger partial charge in [-0.25, -0.2) is 4.79 Å². The molecule has 0 fully saturated rings. The first-order valence-electron chi connectivity index (χ1n) is 4.90. The SMILES string of the molecule is O=C(NCc1ccc(C(=O)O)o1)c1csc(I)c1. The number of carboxylic acid groups (broad SMARTS) is 1. The number of carboxylic acids is 1. The van der Waals surface area contributed by atoms with E-state index in [0.717, 1.165) is 2.88 Å². The molecule has 0 aliphatic heterocycles. The summed E-state index contributed by atoms with van der Waals surface area (Å²) in [5, 5.41) is 13.1. The van der Waals surface area contributed by atoms with Gasteiger partial charge in [-0.05, 0) is 40.8 Å². The molecule has 2 aromatic heterocycles. The predicted octanol–water partition coefficient (Wildman–Crippen LogP) is 2.57. The monoisotopic (exact) mass is 377 g/mol. The van der Waals surface area contributed by atoms with Gasteiger partial charge < -0.3 is 14.8 Å². The molecule has 7 heteroatoms. The van der Waals surface area contributed by atoms with Crippen LogP contribution in [0.4, 0.5) is 0 Å². The van der Waals surface area contributed by atoms with Crippen LogP contribution in [-0.4, -0.2) is 17.0 Å². The van der Waals surface area contributed by atoms with Gasteiger partial charge in [-0.15, -0.1) is 11.3 Å². The lowest BCUT2D eigenvalue weighted by Crippen LogP contribution is -2.21. The highest BCUT2D eigenvalue weighted by Gasteiger charge is 2.11. The summed E-state index contributed by atoms with van der Waals surface area (Å²) in [6.45, 7) is 0.165. The van der Waals surface area contributed by atoms with Crippen LogP contribution < -0.4 is 5.32 Å². The Kier molecular flexibility index (Phi) is 4.02. The number of nitrogens with one attached hydrogen (secondary N) is 1. The van der Waals surface area contributed by atoms with Gasteiger partial charge in [0.05, 0.1) is 15.0 Å². The van der Waals surface area contributed by atoms with Crippen molar-refractivity contribution in [1.82, 2.24) is 5.32 Å². The molecule has 0 bridgehead atoms. The molecule has 2 N–H and O–H groups in total. The lowest BCUT2D eigenvalue weighted by molar-refractivity contribution is 0.0660. The Morgan fingerprint density at radius 1 is 1.44 bits per heavy atom. The zero-order valence-corrected chi connectivity index (χ0v) is 11.9. The van der Waals surface area contributed by atoms with Gasteiger partial charge in [0.15, 0.2) is 0 Å². The maximum Gasteiger partial charge on any atom is 0.371 e. The number of hydrogen-bond donors (Lipinski definition) is 2. The van der Waals surface area contributed by atoms with Crippen molar-refractivity contribution in [3.8, 4) is 0 Å². The quantitative estimate of drug-likeness (QED) is 0.803. The molecule has 0 aromatic carbocycles. The molecule has 0 radical (unpaired) electrons. The number of furan rings is 1. The molecule has 0 aliphatic rings. The van der Waals surface area contributed by atoms with Crippen molar-refractivity contribution in [3.63, 3.8) is 0 Å². The molecular formula is C11H8INO4S. The summed E-state index contributed by atoms with van der Waals surface area (Å²) in [5.41, 5.74) is 0.592. The molecule has 5 nitrogen and oxygen atoms in total. The number of rotatable bonds is 4. The van der Waals surface area contributed by atoms with E-state index in [9.17, 15) is 9.59 Å². The van der Waals surface area contributed by atoms with Gasteiger partial charge in [0, 0.05) is 5.38 Å². The molecular weight excluding hydrogens is 369 g/mol. The number of amides is 1. The second kappa shape index (κ2) is 5.53. The van der Waals surface area contributed by atoms with E-state index >= 15 is 0 Å². The van der Waals surface area contributed by atoms with Crippen LogP contribution in [0.3, 0.4) is 0 Å². The number of hydrogen-bond acceptors (Lipinski definition) is 4. The van der Waals surface area contributed by atoms with Crippen LogP contribution >= 0.6 is 33.9 Å². The Morgan fingerprint density at radius 2 is 2.22 bits per heavy atom. The zero-order valence-electron chi connectivity index (χ0n) is 8.97. The molecule has 1 amide bonds. The summed E-state index contributed by atoms with van der Waals surface area (Å²) >= 11 is 3.63. The Bertz CT molecular complexity index is 589. The van der Waals surface area contributed by atoms with Crippen molar-refractivity contribution in [1.29, 1.82) is 0 Å². The standard InChI is InChI=1S/C11H8INO4S/c12-9-3-6(5-18-9)10(14)13-4-7-1-2-8(17-7)11(15)16/h1-3,5H,4H2,(H,13,14)(H,15,16). The van der Waals surface area contributed by atoms with E-state index in [1.807, 2.05) is 0 Å². The Hall–Kier alpha value is -1.35. The summed E-state index contributed by atoms with van der Waals surface area (Å²) in [5.74, 6) is -1.06. The molecule has 2 heterocycles. The van der Waals surface area contributed by atoms with Crippen LogP contribution in [0.2, 0.25) is 0 Å². The first-order chi connectivity index (χ1) is 8.56. The van der Waals surface area contributed by atoms with Gasteiger partial charge in [0.1, 0.15) is 5.76 Å². The van der Waals surface area contributed by atoms with E-state index in [1.165, 1.54) is 23.5 Å². The average Bonchev–Trinajstić information content (AvgIpc) is 2.94. The van der Waals surface area contributed by atoms with Crippen LogP contribution in [0.15, 0.2) is 28.0 Å². The minimum absolute atomic E-state index is 0.135. The van der Waals surface area contributed by atoms with Crippen LogP contribution in [-0.2, 0) is 6.54 Å². The Labute approximate surface area is 120 Å². The topological polar surface area (TPSA) is 79.5 Å². The van der Waals surface area contributed by atoms with Crippen molar-refractivity contribution in [3.05, 3.63) is 43.5 Å². The third kappa shape index (κ3) is 3.10. The minimum Gasteiger partial charge on any atom is -0.475 e. The molecule has 0 atom stereocenters.